The highest BCUT2D eigenvalue weighted by molar-refractivity contribution is 9.10. The molecular formula is C23H22BrClN2O3. The standard InChI is InChI=1S/C23H22BrClN2O3/c1-15-6-5-7-17(10-15)27-22(28)14-30-23-18(24)11-16(12-21(23)29-2)13-26-20-9-4-3-8-19(20)25/h3-12,26H,13-14H2,1-2H3,(H,27,28). The Balaban J connectivity index is 1.65. The summed E-state index contributed by atoms with van der Waals surface area (Å²) < 4.78 is 11.9. The van der Waals surface area contributed by atoms with Gasteiger partial charge in [0.25, 0.3) is 5.91 Å². The highest BCUT2D eigenvalue weighted by atomic mass is 79.9. The number of amides is 1. The van der Waals surface area contributed by atoms with Crippen LogP contribution in [0.1, 0.15) is 11.1 Å². The van der Waals surface area contributed by atoms with Crippen LogP contribution in [0.15, 0.2) is 65.1 Å². The van der Waals surface area contributed by atoms with Crippen LogP contribution in [-0.4, -0.2) is 19.6 Å². The average Bonchev–Trinajstić information content (AvgIpc) is 2.72. The van der Waals surface area contributed by atoms with Crippen molar-refractivity contribution in [1.82, 2.24) is 0 Å². The maximum atomic E-state index is 12.3. The minimum atomic E-state index is -0.251. The SMILES string of the molecule is COc1cc(CNc2ccccc2Cl)cc(Br)c1OCC(=O)Nc1cccc(C)c1. The lowest BCUT2D eigenvalue weighted by atomic mass is 10.2. The average molecular weight is 490 g/mol. The van der Waals surface area contributed by atoms with E-state index in [1.165, 1.54) is 0 Å². The van der Waals surface area contributed by atoms with Crippen LogP contribution in [-0.2, 0) is 11.3 Å². The van der Waals surface area contributed by atoms with Crippen molar-refractivity contribution in [2.24, 2.45) is 0 Å². The van der Waals surface area contributed by atoms with E-state index in [1.807, 2.05) is 67.6 Å². The maximum Gasteiger partial charge on any atom is 0.262 e. The molecule has 0 aliphatic rings. The molecule has 2 N–H and O–H groups in total. The highest BCUT2D eigenvalue weighted by Crippen LogP contribution is 2.37. The molecule has 0 heterocycles. The van der Waals surface area contributed by atoms with Crippen LogP contribution >= 0.6 is 27.5 Å². The molecule has 7 heteroatoms. The molecule has 0 saturated carbocycles. The van der Waals surface area contributed by atoms with Gasteiger partial charge in [0.2, 0.25) is 0 Å². The lowest BCUT2D eigenvalue weighted by molar-refractivity contribution is -0.118. The molecule has 0 unspecified atom stereocenters. The molecule has 3 aromatic carbocycles. The molecule has 0 aliphatic heterocycles. The van der Waals surface area contributed by atoms with Gasteiger partial charge in [-0.05, 0) is 70.4 Å². The van der Waals surface area contributed by atoms with Crippen LogP contribution in [0.25, 0.3) is 0 Å². The van der Waals surface area contributed by atoms with E-state index in [0.717, 1.165) is 22.5 Å². The zero-order valence-corrected chi connectivity index (χ0v) is 19.0. The summed E-state index contributed by atoms with van der Waals surface area (Å²) in [6.07, 6.45) is 0. The zero-order valence-electron chi connectivity index (χ0n) is 16.7. The third-order valence-corrected chi connectivity index (χ3v) is 5.21. The molecule has 3 aromatic rings. The van der Waals surface area contributed by atoms with Crippen LogP contribution in [0.4, 0.5) is 11.4 Å². The smallest absolute Gasteiger partial charge is 0.262 e. The number of carbonyl (C=O) groups is 1. The largest absolute Gasteiger partial charge is 0.493 e. The molecule has 30 heavy (non-hydrogen) atoms. The van der Waals surface area contributed by atoms with Crippen molar-refractivity contribution in [3.8, 4) is 11.5 Å². The number of anilines is 2. The molecule has 0 bridgehead atoms. The summed E-state index contributed by atoms with van der Waals surface area (Å²) in [6, 6.07) is 18.9. The lowest BCUT2D eigenvalue weighted by Crippen LogP contribution is -2.20. The topological polar surface area (TPSA) is 59.6 Å². The Morgan fingerprint density at radius 3 is 2.63 bits per heavy atom. The van der Waals surface area contributed by atoms with Crippen molar-refractivity contribution in [3.63, 3.8) is 0 Å². The normalized spacial score (nSPS) is 10.4. The highest BCUT2D eigenvalue weighted by Gasteiger charge is 2.14. The number of hydrogen-bond donors (Lipinski definition) is 2. The summed E-state index contributed by atoms with van der Waals surface area (Å²) in [5, 5.41) is 6.77. The Kier molecular flexibility index (Phi) is 7.60. The van der Waals surface area contributed by atoms with Crippen LogP contribution in [0.3, 0.4) is 0 Å². The van der Waals surface area contributed by atoms with Gasteiger partial charge in [0.15, 0.2) is 18.1 Å². The van der Waals surface area contributed by atoms with E-state index in [2.05, 4.69) is 26.6 Å². The molecule has 0 aliphatic carbocycles. The van der Waals surface area contributed by atoms with Crippen LogP contribution in [0.5, 0.6) is 11.5 Å². The van der Waals surface area contributed by atoms with Crippen molar-refractivity contribution in [2.45, 2.75) is 13.5 Å². The molecule has 156 valence electrons. The number of hydrogen-bond acceptors (Lipinski definition) is 4. The van der Waals surface area contributed by atoms with Gasteiger partial charge in [-0.3, -0.25) is 4.79 Å². The summed E-state index contributed by atoms with van der Waals surface area (Å²) in [5.74, 6) is 0.751. The van der Waals surface area contributed by atoms with E-state index in [0.29, 0.717) is 27.5 Å². The number of nitrogens with one attached hydrogen (secondary N) is 2. The summed E-state index contributed by atoms with van der Waals surface area (Å²) >= 11 is 9.70. The van der Waals surface area contributed by atoms with Gasteiger partial charge in [-0.1, -0.05) is 35.9 Å². The number of rotatable bonds is 8. The second-order valence-corrected chi connectivity index (χ2v) is 7.91. The fraction of sp³-hybridized carbons (Fsp3) is 0.174. The Hall–Kier alpha value is -2.70. The second kappa shape index (κ2) is 10.4. The predicted octanol–water partition coefficient (Wildman–Crippen LogP) is 6.05. The number of carbonyl (C=O) groups excluding carboxylic acids is 1. The van der Waals surface area contributed by atoms with Crippen molar-refractivity contribution >= 4 is 44.8 Å². The number of methoxy groups -OCH3 is 1. The summed E-state index contributed by atoms with van der Waals surface area (Å²) in [7, 11) is 1.56. The quantitative estimate of drug-likeness (QED) is 0.404. The molecule has 0 atom stereocenters. The fourth-order valence-corrected chi connectivity index (χ4v) is 3.68. The molecule has 0 aromatic heterocycles. The molecule has 0 fully saturated rings. The van der Waals surface area contributed by atoms with Gasteiger partial charge in [-0.2, -0.15) is 0 Å². The van der Waals surface area contributed by atoms with Gasteiger partial charge >= 0.3 is 0 Å². The Morgan fingerprint density at radius 2 is 1.90 bits per heavy atom. The molecule has 0 saturated heterocycles. The first-order chi connectivity index (χ1) is 14.5. The van der Waals surface area contributed by atoms with Crippen molar-refractivity contribution < 1.29 is 14.3 Å². The van der Waals surface area contributed by atoms with E-state index in [-0.39, 0.29) is 12.5 Å². The van der Waals surface area contributed by atoms with Gasteiger partial charge in [-0.15, -0.1) is 0 Å². The molecule has 0 radical (unpaired) electrons. The summed E-state index contributed by atoms with van der Waals surface area (Å²) in [6.45, 7) is 2.38. The number of benzene rings is 3. The van der Waals surface area contributed by atoms with Gasteiger partial charge in [0.05, 0.1) is 22.3 Å². The minimum Gasteiger partial charge on any atom is -0.493 e. The van der Waals surface area contributed by atoms with Crippen LogP contribution in [0.2, 0.25) is 5.02 Å². The van der Waals surface area contributed by atoms with E-state index < -0.39 is 0 Å². The molecule has 3 rings (SSSR count). The predicted molar refractivity (Wildman–Crippen MR) is 125 cm³/mol. The number of aryl methyl sites for hydroxylation is 1. The van der Waals surface area contributed by atoms with Crippen molar-refractivity contribution in [2.75, 3.05) is 24.4 Å². The molecule has 0 spiro atoms. The van der Waals surface area contributed by atoms with Crippen LogP contribution < -0.4 is 20.1 Å². The van der Waals surface area contributed by atoms with Crippen LogP contribution in [0, 0.1) is 6.92 Å². The minimum absolute atomic E-state index is 0.139. The van der Waals surface area contributed by atoms with Crippen molar-refractivity contribution in [1.29, 1.82) is 0 Å². The first-order valence-corrected chi connectivity index (χ1v) is 10.5. The van der Waals surface area contributed by atoms with Gasteiger partial charge < -0.3 is 20.1 Å². The molecule has 1 amide bonds. The second-order valence-electron chi connectivity index (χ2n) is 6.65. The summed E-state index contributed by atoms with van der Waals surface area (Å²) in [5.41, 5.74) is 3.62. The Labute approximate surface area is 189 Å². The van der Waals surface area contributed by atoms with Gasteiger partial charge in [-0.25, -0.2) is 0 Å². The maximum absolute atomic E-state index is 12.3. The first-order valence-electron chi connectivity index (χ1n) is 9.30. The zero-order chi connectivity index (χ0) is 21.5. The van der Waals surface area contributed by atoms with Gasteiger partial charge in [0, 0.05) is 12.2 Å². The Bertz CT molecular complexity index is 1040. The fourth-order valence-electron chi connectivity index (χ4n) is 2.87. The number of halogens is 2. The third-order valence-electron chi connectivity index (χ3n) is 4.30. The number of para-hydroxylation sites is 1. The summed E-state index contributed by atoms with van der Waals surface area (Å²) in [4.78, 5) is 12.3. The molecular weight excluding hydrogens is 468 g/mol. The van der Waals surface area contributed by atoms with Crippen molar-refractivity contribution in [3.05, 3.63) is 81.3 Å². The van der Waals surface area contributed by atoms with Gasteiger partial charge in [0.1, 0.15) is 0 Å². The third kappa shape index (κ3) is 5.90. The Morgan fingerprint density at radius 1 is 1.10 bits per heavy atom. The number of ether oxygens (including phenoxy) is 2. The van der Waals surface area contributed by atoms with E-state index in [9.17, 15) is 4.79 Å². The van der Waals surface area contributed by atoms with E-state index in [1.54, 1.807) is 7.11 Å². The van der Waals surface area contributed by atoms with E-state index >= 15 is 0 Å². The van der Waals surface area contributed by atoms with E-state index in [4.69, 9.17) is 21.1 Å². The lowest BCUT2D eigenvalue weighted by Gasteiger charge is -2.15. The monoisotopic (exact) mass is 488 g/mol. The molecule has 5 nitrogen and oxygen atoms in total. The first kappa shape index (κ1) is 22.0.